The van der Waals surface area contributed by atoms with E-state index < -0.39 is 0 Å². The molecule has 1 heteroatoms. The van der Waals surface area contributed by atoms with Crippen LogP contribution < -0.4 is 0 Å². The van der Waals surface area contributed by atoms with E-state index >= 15 is 0 Å². The molecule has 1 nitrogen and oxygen atoms in total. The highest BCUT2D eigenvalue weighted by Crippen LogP contribution is 2.50. The van der Waals surface area contributed by atoms with Gasteiger partial charge >= 0.3 is 0 Å². The molecule has 2 saturated carbocycles. The summed E-state index contributed by atoms with van der Waals surface area (Å²) in [6, 6.07) is 2.28. The Hall–Kier alpha value is -0.510. The highest BCUT2D eigenvalue weighted by Gasteiger charge is 2.39. The van der Waals surface area contributed by atoms with Gasteiger partial charge in [-0.2, -0.15) is 5.26 Å². The maximum absolute atomic E-state index is 8.47. The molecule has 0 aromatic rings. The Morgan fingerprint density at radius 1 is 1.20 bits per heavy atom. The zero-order chi connectivity index (χ0) is 6.97. The Labute approximate surface area is 62.0 Å². The van der Waals surface area contributed by atoms with Gasteiger partial charge in [0.15, 0.2) is 0 Å². The van der Waals surface area contributed by atoms with Crippen LogP contribution in [0.15, 0.2) is 0 Å². The third kappa shape index (κ3) is 0.831. The van der Waals surface area contributed by atoms with Gasteiger partial charge < -0.3 is 0 Å². The number of nitrogens with zero attached hydrogens (tertiary/aromatic N) is 1. The average molecular weight is 135 g/mol. The van der Waals surface area contributed by atoms with Crippen molar-refractivity contribution in [2.45, 2.75) is 32.1 Å². The quantitative estimate of drug-likeness (QED) is 0.541. The molecule has 0 saturated heterocycles. The van der Waals surface area contributed by atoms with Crippen LogP contribution in [0.5, 0.6) is 0 Å². The van der Waals surface area contributed by atoms with Gasteiger partial charge in [-0.3, -0.25) is 0 Å². The second kappa shape index (κ2) is 2.27. The van der Waals surface area contributed by atoms with Crippen LogP contribution in [0.3, 0.4) is 0 Å². The van der Waals surface area contributed by atoms with E-state index in [1.807, 2.05) is 0 Å². The Bertz CT molecular complexity index is 156. The third-order valence-corrected chi connectivity index (χ3v) is 3.23. The molecule has 0 N–H and O–H groups in total. The van der Waals surface area contributed by atoms with Crippen LogP contribution in [0.4, 0.5) is 0 Å². The zero-order valence-corrected chi connectivity index (χ0v) is 6.21. The first kappa shape index (κ1) is 6.22. The predicted octanol–water partition coefficient (Wildman–Crippen LogP) is 2.34. The van der Waals surface area contributed by atoms with Crippen molar-refractivity contribution in [3.05, 3.63) is 0 Å². The Balaban J connectivity index is 1.88. The summed E-state index contributed by atoms with van der Waals surface area (Å²) in [4.78, 5) is 0. The maximum atomic E-state index is 8.47. The van der Waals surface area contributed by atoms with Gasteiger partial charge in [0.25, 0.3) is 0 Å². The minimum absolute atomic E-state index is 0.766. The van der Waals surface area contributed by atoms with E-state index in [4.69, 9.17) is 5.26 Å². The Morgan fingerprint density at radius 3 is 2.20 bits per heavy atom. The molecule has 0 aliphatic heterocycles. The molecule has 2 rings (SSSR count). The first-order valence-corrected chi connectivity index (χ1v) is 4.27. The lowest BCUT2D eigenvalue weighted by atomic mass is 9.77. The third-order valence-electron chi connectivity index (χ3n) is 3.23. The van der Waals surface area contributed by atoms with Crippen molar-refractivity contribution >= 4 is 0 Å². The van der Waals surface area contributed by atoms with Gasteiger partial charge in [0, 0.05) is 6.42 Å². The standard InChI is InChI=1S/C9H13N/c10-4-3-7-5-8-1-2-9(8)6-7/h7-9H,1-3,5-6H2/t7-,8+,9-. The number of rotatable bonds is 1. The normalized spacial score (nSPS) is 43.7. The molecular weight excluding hydrogens is 122 g/mol. The molecule has 10 heavy (non-hydrogen) atoms. The lowest BCUT2D eigenvalue weighted by Gasteiger charge is -2.29. The molecule has 2 aliphatic rings. The van der Waals surface area contributed by atoms with E-state index in [1.165, 1.54) is 25.7 Å². The predicted molar refractivity (Wildman–Crippen MR) is 39.2 cm³/mol. The number of nitriles is 1. The van der Waals surface area contributed by atoms with Crippen LogP contribution in [-0.4, -0.2) is 0 Å². The minimum atomic E-state index is 0.766. The van der Waals surface area contributed by atoms with Crippen LogP contribution in [0.1, 0.15) is 32.1 Å². The summed E-state index contributed by atoms with van der Waals surface area (Å²) in [7, 11) is 0. The monoisotopic (exact) mass is 135 g/mol. The van der Waals surface area contributed by atoms with Crippen LogP contribution in [0, 0.1) is 29.1 Å². The van der Waals surface area contributed by atoms with Crippen LogP contribution in [-0.2, 0) is 0 Å². The summed E-state index contributed by atoms with van der Waals surface area (Å²) in [5, 5.41) is 8.47. The number of hydrogen-bond donors (Lipinski definition) is 0. The molecular formula is C9H13N. The van der Waals surface area contributed by atoms with Crippen molar-refractivity contribution in [3.63, 3.8) is 0 Å². The first-order valence-electron chi connectivity index (χ1n) is 4.27. The van der Waals surface area contributed by atoms with Gasteiger partial charge in [0.05, 0.1) is 6.07 Å². The molecule has 2 fully saturated rings. The Morgan fingerprint density at radius 2 is 1.80 bits per heavy atom. The molecule has 0 heterocycles. The van der Waals surface area contributed by atoms with Gasteiger partial charge in [-0.1, -0.05) is 0 Å². The smallest absolute Gasteiger partial charge is 0.0624 e. The van der Waals surface area contributed by atoms with Crippen molar-refractivity contribution in [2.75, 3.05) is 0 Å². The highest BCUT2D eigenvalue weighted by atomic mass is 14.4. The zero-order valence-electron chi connectivity index (χ0n) is 6.21. The van der Waals surface area contributed by atoms with Crippen molar-refractivity contribution in [1.29, 1.82) is 5.26 Å². The second-order valence-electron chi connectivity index (χ2n) is 3.80. The van der Waals surface area contributed by atoms with Crippen molar-refractivity contribution < 1.29 is 0 Å². The topological polar surface area (TPSA) is 23.8 Å². The summed E-state index contributed by atoms with van der Waals surface area (Å²) in [5.41, 5.74) is 0. The maximum Gasteiger partial charge on any atom is 0.0624 e. The van der Waals surface area contributed by atoms with E-state index in [-0.39, 0.29) is 0 Å². The minimum Gasteiger partial charge on any atom is -0.198 e. The van der Waals surface area contributed by atoms with Crippen LogP contribution in [0.2, 0.25) is 0 Å². The van der Waals surface area contributed by atoms with E-state index in [0.717, 1.165) is 24.2 Å². The van der Waals surface area contributed by atoms with Crippen molar-refractivity contribution in [3.8, 4) is 6.07 Å². The van der Waals surface area contributed by atoms with Crippen LogP contribution in [0.25, 0.3) is 0 Å². The lowest BCUT2D eigenvalue weighted by Crippen LogP contribution is -2.18. The SMILES string of the molecule is N#CC[C@H]1C[C@H]2CC[C@H]2C1. The summed E-state index contributed by atoms with van der Waals surface area (Å²) in [6.45, 7) is 0. The summed E-state index contributed by atoms with van der Waals surface area (Å²) < 4.78 is 0. The molecule has 0 unspecified atom stereocenters. The summed E-state index contributed by atoms with van der Waals surface area (Å²) >= 11 is 0. The fraction of sp³-hybridized carbons (Fsp3) is 0.889. The highest BCUT2D eigenvalue weighted by molar-refractivity contribution is 4.93. The summed E-state index contributed by atoms with van der Waals surface area (Å²) in [5.74, 6) is 2.82. The molecule has 0 aromatic heterocycles. The van der Waals surface area contributed by atoms with Crippen molar-refractivity contribution in [1.82, 2.24) is 0 Å². The lowest BCUT2D eigenvalue weighted by molar-refractivity contribution is 0.219. The second-order valence-corrected chi connectivity index (χ2v) is 3.80. The van der Waals surface area contributed by atoms with E-state index in [9.17, 15) is 0 Å². The molecule has 0 aromatic carbocycles. The van der Waals surface area contributed by atoms with Gasteiger partial charge in [0.1, 0.15) is 0 Å². The fourth-order valence-electron chi connectivity index (χ4n) is 2.51. The fourth-order valence-corrected chi connectivity index (χ4v) is 2.51. The summed E-state index contributed by atoms with van der Waals surface area (Å²) in [6.07, 6.45) is 6.43. The van der Waals surface area contributed by atoms with Crippen LogP contribution >= 0.6 is 0 Å². The van der Waals surface area contributed by atoms with E-state index in [1.54, 1.807) is 0 Å². The molecule has 0 bridgehead atoms. The molecule has 0 radical (unpaired) electrons. The van der Waals surface area contributed by atoms with Crippen molar-refractivity contribution in [2.24, 2.45) is 17.8 Å². The van der Waals surface area contributed by atoms with Gasteiger partial charge in [-0.05, 0) is 43.4 Å². The first-order chi connectivity index (χ1) is 4.90. The number of fused-ring (bicyclic) bond motifs is 1. The largest absolute Gasteiger partial charge is 0.198 e. The van der Waals surface area contributed by atoms with Gasteiger partial charge in [0.2, 0.25) is 0 Å². The molecule has 54 valence electrons. The molecule has 2 aliphatic carbocycles. The number of hydrogen-bond acceptors (Lipinski definition) is 1. The molecule has 0 amide bonds. The average Bonchev–Trinajstić information content (AvgIpc) is 2.14. The molecule has 0 spiro atoms. The van der Waals surface area contributed by atoms with Gasteiger partial charge in [-0.15, -0.1) is 0 Å². The van der Waals surface area contributed by atoms with E-state index in [0.29, 0.717) is 0 Å². The molecule has 3 atom stereocenters. The Kier molecular flexibility index (Phi) is 1.41. The van der Waals surface area contributed by atoms with Gasteiger partial charge in [-0.25, -0.2) is 0 Å². The van der Waals surface area contributed by atoms with E-state index in [2.05, 4.69) is 6.07 Å².